The number of carbonyl (C=O) groups is 1. The first-order valence-electron chi connectivity index (χ1n) is 7.59. The second-order valence-corrected chi connectivity index (χ2v) is 7.11. The maximum Gasteiger partial charge on any atom is 0.401 e. The van der Waals surface area contributed by atoms with Gasteiger partial charge in [0, 0.05) is 25.3 Å². The molecule has 122 valence electrons. The molecule has 0 aromatic rings. The number of carbonyl (C=O) groups excluding carboxylic acids is 1. The molecule has 2 heterocycles. The first-order chi connectivity index (χ1) is 9.94. The van der Waals surface area contributed by atoms with Gasteiger partial charge in [0.2, 0.25) is 5.91 Å². The van der Waals surface area contributed by atoms with Gasteiger partial charge in [-0.3, -0.25) is 9.69 Å². The highest BCUT2D eigenvalue weighted by Crippen LogP contribution is 2.25. The molecule has 0 N–H and O–H groups in total. The molecular weight excluding hydrogens is 301 g/mol. The molecule has 2 aliphatic heterocycles. The quantitative estimate of drug-likeness (QED) is 0.797. The van der Waals surface area contributed by atoms with E-state index in [1.165, 1.54) is 4.90 Å². The van der Waals surface area contributed by atoms with E-state index in [1.54, 1.807) is 0 Å². The van der Waals surface area contributed by atoms with Gasteiger partial charge in [0.25, 0.3) is 0 Å². The summed E-state index contributed by atoms with van der Waals surface area (Å²) in [5.74, 6) is 2.54. The third-order valence-electron chi connectivity index (χ3n) is 4.15. The van der Waals surface area contributed by atoms with Gasteiger partial charge >= 0.3 is 6.18 Å². The predicted molar refractivity (Wildman–Crippen MR) is 78.4 cm³/mol. The zero-order chi connectivity index (χ0) is 15.3. The van der Waals surface area contributed by atoms with Crippen molar-refractivity contribution in [2.24, 2.45) is 5.92 Å². The number of likely N-dealkylation sites (tertiary alicyclic amines) is 1. The summed E-state index contributed by atoms with van der Waals surface area (Å²) in [6.45, 7) is 1.73. The Kier molecular flexibility index (Phi) is 6.22. The van der Waals surface area contributed by atoms with Crippen LogP contribution in [0.2, 0.25) is 0 Å². The third-order valence-corrected chi connectivity index (χ3v) is 5.20. The number of piperidine rings is 1. The van der Waals surface area contributed by atoms with E-state index in [9.17, 15) is 18.0 Å². The Morgan fingerprint density at radius 3 is 2.48 bits per heavy atom. The van der Waals surface area contributed by atoms with Crippen molar-refractivity contribution in [3.05, 3.63) is 0 Å². The molecule has 7 heteroatoms. The Labute approximate surface area is 128 Å². The van der Waals surface area contributed by atoms with Gasteiger partial charge in [-0.05, 0) is 44.0 Å². The van der Waals surface area contributed by atoms with Crippen molar-refractivity contribution in [2.75, 3.05) is 44.2 Å². The normalized spacial score (nSPS) is 23.1. The number of halogens is 3. The second-order valence-electron chi connectivity index (χ2n) is 5.89. The Bertz CT molecular complexity index is 336. The van der Waals surface area contributed by atoms with Gasteiger partial charge in [0.1, 0.15) is 0 Å². The van der Waals surface area contributed by atoms with Crippen LogP contribution in [0, 0.1) is 5.92 Å². The zero-order valence-corrected chi connectivity index (χ0v) is 13.0. The molecule has 3 nitrogen and oxygen atoms in total. The molecule has 0 aromatic carbocycles. The minimum Gasteiger partial charge on any atom is -0.342 e. The van der Waals surface area contributed by atoms with E-state index in [2.05, 4.69) is 0 Å². The minimum absolute atomic E-state index is 0.187. The summed E-state index contributed by atoms with van der Waals surface area (Å²) in [7, 11) is 0. The van der Waals surface area contributed by atoms with Gasteiger partial charge in [0.15, 0.2) is 0 Å². The lowest BCUT2D eigenvalue weighted by Gasteiger charge is -2.33. The lowest BCUT2D eigenvalue weighted by atomic mass is 9.93. The number of amides is 1. The Morgan fingerprint density at radius 2 is 1.81 bits per heavy atom. The van der Waals surface area contributed by atoms with Crippen LogP contribution in [0.3, 0.4) is 0 Å². The van der Waals surface area contributed by atoms with Crippen LogP contribution >= 0.6 is 11.8 Å². The number of hydrogen-bond donors (Lipinski definition) is 0. The van der Waals surface area contributed by atoms with Crippen molar-refractivity contribution in [3.63, 3.8) is 0 Å². The highest BCUT2D eigenvalue weighted by molar-refractivity contribution is 7.99. The largest absolute Gasteiger partial charge is 0.401 e. The Hall–Kier alpha value is -0.430. The number of hydrogen-bond acceptors (Lipinski definition) is 3. The van der Waals surface area contributed by atoms with Gasteiger partial charge < -0.3 is 4.90 Å². The highest BCUT2D eigenvalue weighted by atomic mass is 32.2. The SMILES string of the molecule is O=C(CC1CCN(CC(F)(F)F)CC1)N1CCCSCC1. The molecule has 2 saturated heterocycles. The molecular formula is C14H23F3N2OS. The molecule has 21 heavy (non-hydrogen) atoms. The lowest BCUT2D eigenvalue weighted by molar-refractivity contribution is -0.149. The van der Waals surface area contributed by atoms with E-state index in [1.807, 2.05) is 16.7 Å². The van der Waals surface area contributed by atoms with Crippen LogP contribution in [0.4, 0.5) is 13.2 Å². The van der Waals surface area contributed by atoms with Crippen LogP contribution in [-0.2, 0) is 4.79 Å². The molecule has 0 aliphatic carbocycles. The second kappa shape index (κ2) is 7.72. The average Bonchev–Trinajstić information content (AvgIpc) is 2.68. The summed E-state index contributed by atoms with van der Waals surface area (Å²) in [5.41, 5.74) is 0. The molecule has 2 rings (SSSR count). The van der Waals surface area contributed by atoms with Gasteiger partial charge in [-0.25, -0.2) is 0 Å². The summed E-state index contributed by atoms with van der Waals surface area (Å²) in [5, 5.41) is 0. The molecule has 2 fully saturated rings. The molecule has 0 spiro atoms. The molecule has 1 amide bonds. The van der Waals surface area contributed by atoms with Gasteiger partial charge in [-0.1, -0.05) is 0 Å². The minimum atomic E-state index is -4.12. The van der Waals surface area contributed by atoms with Crippen LogP contribution in [0.15, 0.2) is 0 Å². The Morgan fingerprint density at radius 1 is 1.10 bits per heavy atom. The van der Waals surface area contributed by atoms with Crippen LogP contribution in [0.25, 0.3) is 0 Å². The van der Waals surface area contributed by atoms with E-state index >= 15 is 0 Å². The molecule has 0 radical (unpaired) electrons. The van der Waals surface area contributed by atoms with Crippen LogP contribution < -0.4 is 0 Å². The number of thioether (sulfide) groups is 1. The summed E-state index contributed by atoms with van der Waals surface area (Å²) >= 11 is 1.88. The standard InChI is InChI=1S/C14H23F3N2OS/c15-14(16,17)11-18-5-2-12(3-6-18)10-13(20)19-4-1-8-21-9-7-19/h12H,1-11H2. The fourth-order valence-corrected chi connectivity index (χ4v) is 3.86. The maximum absolute atomic E-state index is 12.3. The van der Waals surface area contributed by atoms with Crippen LogP contribution in [-0.4, -0.2) is 66.1 Å². The third kappa shape index (κ3) is 6.06. The van der Waals surface area contributed by atoms with Crippen molar-refractivity contribution in [1.29, 1.82) is 0 Å². The van der Waals surface area contributed by atoms with E-state index in [4.69, 9.17) is 0 Å². The summed E-state index contributed by atoms with van der Waals surface area (Å²) in [6.07, 6.45) is -1.17. The summed E-state index contributed by atoms with van der Waals surface area (Å²) in [4.78, 5) is 15.6. The van der Waals surface area contributed by atoms with Crippen molar-refractivity contribution in [3.8, 4) is 0 Å². The fourth-order valence-electron chi connectivity index (χ4n) is 2.97. The average molecular weight is 324 g/mol. The topological polar surface area (TPSA) is 23.6 Å². The van der Waals surface area contributed by atoms with E-state index < -0.39 is 12.7 Å². The fraction of sp³-hybridized carbons (Fsp3) is 0.929. The predicted octanol–water partition coefficient (Wildman–Crippen LogP) is 2.62. The summed E-state index contributed by atoms with van der Waals surface area (Å²) in [6, 6.07) is 0. The molecule has 0 atom stereocenters. The number of alkyl halides is 3. The van der Waals surface area contributed by atoms with Crippen LogP contribution in [0.1, 0.15) is 25.7 Å². The van der Waals surface area contributed by atoms with E-state index in [0.717, 1.165) is 31.0 Å². The van der Waals surface area contributed by atoms with E-state index in [0.29, 0.717) is 32.4 Å². The van der Waals surface area contributed by atoms with Gasteiger partial charge in [-0.2, -0.15) is 24.9 Å². The van der Waals surface area contributed by atoms with Gasteiger partial charge in [-0.15, -0.1) is 0 Å². The Balaban J connectivity index is 1.71. The number of rotatable bonds is 3. The van der Waals surface area contributed by atoms with Crippen molar-refractivity contribution >= 4 is 17.7 Å². The van der Waals surface area contributed by atoms with Crippen molar-refractivity contribution in [2.45, 2.75) is 31.9 Å². The first-order valence-corrected chi connectivity index (χ1v) is 8.74. The van der Waals surface area contributed by atoms with Crippen molar-refractivity contribution in [1.82, 2.24) is 9.80 Å². The highest BCUT2D eigenvalue weighted by Gasteiger charge is 2.33. The smallest absolute Gasteiger partial charge is 0.342 e. The molecule has 0 aromatic heterocycles. The van der Waals surface area contributed by atoms with Crippen LogP contribution in [0.5, 0.6) is 0 Å². The lowest BCUT2D eigenvalue weighted by Crippen LogP contribution is -2.41. The van der Waals surface area contributed by atoms with Gasteiger partial charge in [0.05, 0.1) is 6.54 Å². The first kappa shape index (κ1) is 16.9. The molecule has 0 unspecified atom stereocenters. The monoisotopic (exact) mass is 324 g/mol. The molecule has 0 bridgehead atoms. The maximum atomic E-state index is 12.3. The van der Waals surface area contributed by atoms with E-state index in [-0.39, 0.29) is 11.8 Å². The summed E-state index contributed by atoms with van der Waals surface area (Å²) < 4.78 is 37.0. The zero-order valence-electron chi connectivity index (χ0n) is 12.2. The molecule has 2 aliphatic rings. The van der Waals surface area contributed by atoms with Crippen molar-refractivity contribution < 1.29 is 18.0 Å². The molecule has 0 saturated carbocycles. The number of nitrogens with zero attached hydrogens (tertiary/aromatic N) is 2.